The molecule has 0 bridgehead atoms. The largest absolute Gasteiger partial charge is 0.493 e. The third-order valence-electron chi connectivity index (χ3n) is 7.42. The molecule has 1 aliphatic carbocycles. The molecule has 12 heteroatoms. The minimum atomic E-state index is -0.519. The average Bonchev–Trinajstić information content (AvgIpc) is 3.48. The molecular formula is C31H32N6O4S2. The number of rotatable bonds is 10. The van der Waals surface area contributed by atoms with Gasteiger partial charge in [0.25, 0.3) is 0 Å². The summed E-state index contributed by atoms with van der Waals surface area (Å²) >= 11 is 2.55. The van der Waals surface area contributed by atoms with Crippen LogP contribution in [0.4, 0.5) is 5.13 Å². The number of anilines is 1. The molecule has 3 aromatic rings. The van der Waals surface area contributed by atoms with Crippen LogP contribution in [-0.2, 0) is 16.0 Å². The Morgan fingerprint density at radius 1 is 1.16 bits per heavy atom. The zero-order valence-electron chi connectivity index (χ0n) is 24.2. The molecule has 43 heavy (non-hydrogen) atoms. The van der Waals surface area contributed by atoms with E-state index in [1.54, 1.807) is 19.1 Å². The second kappa shape index (κ2) is 13.3. The van der Waals surface area contributed by atoms with E-state index in [2.05, 4.69) is 21.6 Å². The number of ether oxygens (including phenoxy) is 2. The first-order valence-corrected chi connectivity index (χ1v) is 15.6. The van der Waals surface area contributed by atoms with Crippen molar-refractivity contribution in [1.82, 2.24) is 15.5 Å². The SMILES string of the molecule is COc1ccc(CCNC(=O)CSc2nnc(N3C(N)=C(C#N)C(c4ccc(C)cc4)C4=C3CCCC4=O)s2)cc1OC. The van der Waals surface area contributed by atoms with Gasteiger partial charge in [-0.3, -0.25) is 14.5 Å². The van der Waals surface area contributed by atoms with E-state index in [1.807, 2.05) is 49.4 Å². The van der Waals surface area contributed by atoms with Gasteiger partial charge in [-0.15, -0.1) is 10.2 Å². The Morgan fingerprint density at radius 3 is 2.65 bits per heavy atom. The normalized spacial score (nSPS) is 16.6. The third kappa shape index (κ3) is 6.38. The number of Topliss-reactive ketones (excluding diaryl/α,β-unsaturated/α-hetero) is 1. The number of allylic oxidation sites excluding steroid dienone is 3. The number of aromatic nitrogens is 2. The maximum absolute atomic E-state index is 13.3. The predicted molar refractivity (Wildman–Crippen MR) is 166 cm³/mol. The number of aryl methyl sites for hydroxylation is 1. The number of nitriles is 1. The number of thioether (sulfide) groups is 1. The highest BCUT2D eigenvalue weighted by Gasteiger charge is 2.41. The summed E-state index contributed by atoms with van der Waals surface area (Å²) in [5.41, 5.74) is 11.3. The van der Waals surface area contributed by atoms with Crippen LogP contribution in [0, 0.1) is 18.3 Å². The minimum absolute atomic E-state index is 0.0148. The lowest BCUT2D eigenvalue weighted by Gasteiger charge is -2.38. The molecule has 3 N–H and O–H groups in total. The van der Waals surface area contributed by atoms with Crippen molar-refractivity contribution in [2.45, 2.75) is 42.9 Å². The lowest BCUT2D eigenvalue weighted by atomic mass is 9.75. The summed E-state index contributed by atoms with van der Waals surface area (Å²) in [5.74, 6) is 1.08. The number of carbonyl (C=O) groups is 2. The van der Waals surface area contributed by atoms with Gasteiger partial charge < -0.3 is 20.5 Å². The van der Waals surface area contributed by atoms with Gasteiger partial charge in [-0.25, -0.2) is 0 Å². The Labute approximate surface area is 258 Å². The van der Waals surface area contributed by atoms with Gasteiger partial charge in [-0.05, 0) is 49.4 Å². The van der Waals surface area contributed by atoms with Gasteiger partial charge in [-0.1, -0.05) is 59.0 Å². The maximum atomic E-state index is 13.3. The Balaban J connectivity index is 1.28. The number of hydrogen-bond acceptors (Lipinski definition) is 11. The van der Waals surface area contributed by atoms with Crippen molar-refractivity contribution in [3.8, 4) is 17.6 Å². The molecule has 10 nitrogen and oxygen atoms in total. The monoisotopic (exact) mass is 616 g/mol. The lowest BCUT2D eigenvalue weighted by molar-refractivity contribution is -0.118. The third-order valence-corrected chi connectivity index (χ3v) is 9.46. The molecule has 222 valence electrons. The fraction of sp³-hybridized carbons (Fsp3) is 0.323. The Bertz CT molecular complexity index is 1640. The molecule has 0 saturated heterocycles. The van der Waals surface area contributed by atoms with E-state index >= 15 is 0 Å². The second-order valence-electron chi connectivity index (χ2n) is 10.2. The molecule has 1 unspecified atom stereocenters. The van der Waals surface area contributed by atoms with Crippen molar-refractivity contribution >= 4 is 39.9 Å². The molecular weight excluding hydrogens is 585 g/mol. The maximum Gasteiger partial charge on any atom is 0.230 e. The Morgan fingerprint density at radius 2 is 1.93 bits per heavy atom. The summed E-state index contributed by atoms with van der Waals surface area (Å²) in [6.07, 6.45) is 2.38. The molecule has 0 saturated carbocycles. The highest BCUT2D eigenvalue weighted by atomic mass is 32.2. The van der Waals surface area contributed by atoms with Gasteiger partial charge in [0.15, 0.2) is 21.6 Å². The standard InChI is InChI=1S/C31H32N6O4S2/c1-18-7-10-20(11-8-18)27-21(16-32)29(33)37(22-5-4-6-23(38)28(22)27)30-35-36-31(43-30)42-17-26(39)34-14-13-19-9-12-24(40-2)25(15-19)41-3/h7-12,15,27H,4-6,13-14,17,33H2,1-3H3,(H,34,39). The van der Waals surface area contributed by atoms with Crippen molar-refractivity contribution in [2.24, 2.45) is 5.73 Å². The summed E-state index contributed by atoms with van der Waals surface area (Å²) in [6, 6.07) is 15.8. The van der Waals surface area contributed by atoms with Crippen LogP contribution in [-0.4, -0.2) is 48.4 Å². The van der Waals surface area contributed by atoms with Crippen LogP contribution in [0.3, 0.4) is 0 Å². The van der Waals surface area contributed by atoms with Crippen molar-refractivity contribution in [2.75, 3.05) is 31.4 Å². The summed E-state index contributed by atoms with van der Waals surface area (Å²) in [4.78, 5) is 27.6. The summed E-state index contributed by atoms with van der Waals surface area (Å²) in [7, 11) is 3.18. The van der Waals surface area contributed by atoms with E-state index in [-0.39, 0.29) is 23.3 Å². The predicted octanol–water partition coefficient (Wildman–Crippen LogP) is 4.62. The number of hydrogen-bond donors (Lipinski definition) is 2. The van der Waals surface area contributed by atoms with E-state index < -0.39 is 5.92 Å². The Hall–Kier alpha value is -4.34. The first-order chi connectivity index (χ1) is 20.8. The van der Waals surface area contributed by atoms with E-state index in [4.69, 9.17) is 15.2 Å². The highest BCUT2D eigenvalue weighted by Crippen LogP contribution is 2.47. The molecule has 1 atom stereocenters. The molecule has 1 amide bonds. The van der Waals surface area contributed by atoms with Crippen molar-refractivity contribution in [1.29, 1.82) is 5.26 Å². The van der Waals surface area contributed by atoms with Gasteiger partial charge in [0, 0.05) is 24.2 Å². The van der Waals surface area contributed by atoms with E-state index in [9.17, 15) is 14.9 Å². The summed E-state index contributed by atoms with van der Waals surface area (Å²) in [6.45, 7) is 2.46. The van der Waals surface area contributed by atoms with E-state index in [1.165, 1.54) is 23.1 Å². The van der Waals surface area contributed by atoms with Crippen LogP contribution < -0.4 is 25.4 Å². The first kappa shape index (κ1) is 30.1. The number of nitrogens with zero attached hydrogens (tertiary/aromatic N) is 4. The molecule has 2 aromatic carbocycles. The number of ketones is 1. The number of methoxy groups -OCH3 is 2. The molecule has 5 rings (SSSR count). The smallest absolute Gasteiger partial charge is 0.230 e. The highest BCUT2D eigenvalue weighted by molar-refractivity contribution is 8.01. The van der Waals surface area contributed by atoms with Crippen LogP contribution in [0.25, 0.3) is 0 Å². The Kier molecular flexibility index (Phi) is 9.33. The van der Waals surface area contributed by atoms with E-state index in [0.717, 1.165) is 22.4 Å². The van der Waals surface area contributed by atoms with Crippen LogP contribution in [0.2, 0.25) is 0 Å². The number of amides is 1. The number of carbonyl (C=O) groups excluding carboxylic acids is 2. The number of nitrogens with two attached hydrogens (primary N) is 1. The fourth-order valence-corrected chi connectivity index (χ4v) is 7.02. The van der Waals surface area contributed by atoms with Crippen LogP contribution in [0.1, 0.15) is 41.9 Å². The zero-order valence-corrected chi connectivity index (χ0v) is 25.8. The van der Waals surface area contributed by atoms with Crippen LogP contribution in [0.15, 0.2) is 69.5 Å². The average molecular weight is 617 g/mol. The molecule has 2 heterocycles. The molecule has 0 fully saturated rings. The number of benzene rings is 2. The first-order valence-electron chi connectivity index (χ1n) is 13.8. The quantitative estimate of drug-likeness (QED) is 0.310. The van der Waals surface area contributed by atoms with Gasteiger partial charge >= 0.3 is 0 Å². The van der Waals surface area contributed by atoms with E-state index in [0.29, 0.717) is 64.3 Å². The van der Waals surface area contributed by atoms with Crippen molar-refractivity contribution in [3.05, 3.63) is 81.8 Å². The second-order valence-corrected chi connectivity index (χ2v) is 12.3. The van der Waals surface area contributed by atoms with Gasteiger partial charge in [0.2, 0.25) is 11.0 Å². The van der Waals surface area contributed by atoms with Gasteiger partial charge in [0.05, 0.1) is 37.5 Å². The van der Waals surface area contributed by atoms with Crippen molar-refractivity contribution < 1.29 is 19.1 Å². The van der Waals surface area contributed by atoms with Gasteiger partial charge in [0.1, 0.15) is 5.82 Å². The number of nitrogens with one attached hydrogen (secondary N) is 1. The zero-order chi connectivity index (χ0) is 30.5. The minimum Gasteiger partial charge on any atom is -0.493 e. The molecule has 0 spiro atoms. The topological polar surface area (TPSA) is 143 Å². The van der Waals surface area contributed by atoms with Crippen molar-refractivity contribution in [3.63, 3.8) is 0 Å². The molecule has 0 radical (unpaired) electrons. The molecule has 1 aliphatic heterocycles. The summed E-state index contributed by atoms with van der Waals surface area (Å²) in [5, 5.41) is 22.2. The van der Waals surface area contributed by atoms with Crippen LogP contribution in [0.5, 0.6) is 11.5 Å². The molecule has 2 aliphatic rings. The van der Waals surface area contributed by atoms with Crippen LogP contribution >= 0.6 is 23.1 Å². The molecule has 1 aromatic heterocycles. The summed E-state index contributed by atoms with van der Waals surface area (Å²) < 4.78 is 11.2. The lowest BCUT2D eigenvalue weighted by Crippen LogP contribution is -2.38. The van der Waals surface area contributed by atoms with Gasteiger partial charge in [-0.2, -0.15) is 5.26 Å². The fourth-order valence-electron chi connectivity index (χ4n) is 5.31.